The highest BCUT2D eigenvalue weighted by atomic mass is 19.4. The molecule has 5 N–H and O–H groups in total. The summed E-state index contributed by atoms with van der Waals surface area (Å²) in [7, 11) is 0. The SMILES string of the molecule is N[C@@H](COCc1ccccc1)C(=O)Nc1ccc(Oc2ccc(F)cc2)cc1.O=C(O)C(F)(F)F.O=C(O)C(F)(F)F. The topological polar surface area (TPSA) is 148 Å². The zero-order valence-electron chi connectivity index (χ0n) is 21.2. The van der Waals surface area contributed by atoms with Gasteiger partial charge in [-0.3, -0.25) is 4.79 Å². The van der Waals surface area contributed by atoms with Gasteiger partial charge in [-0.05, 0) is 54.1 Å². The lowest BCUT2D eigenvalue weighted by atomic mass is 10.2. The zero-order chi connectivity index (χ0) is 31.9. The summed E-state index contributed by atoms with van der Waals surface area (Å²) in [5.41, 5.74) is 7.49. The number of nitrogens with one attached hydrogen (secondary N) is 1. The Kier molecular flexibility index (Phi) is 13.9. The molecule has 3 aromatic rings. The van der Waals surface area contributed by atoms with Gasteiger partial charge in [0.2, 0.25) is 5.91 Å². The lowest BCUT2D eigenvalue weighted by Gasteiger charge is -2.13. The van der Waals surface area contributed by atoms with Gasteiger partial charge in [-0.2, -0.15) is 26.3 Å². The molecule has 0 aliphatic heterocycles. The highest BCUT2D eigenvalue weighted by Crippen LogP contribution is 2.23. The first-order valence-corrected chi connectivity index (χ1v) is 11.3. The summed E-state index contributed by atoms with van der Waals surface area (Å²) in [5.74, 6) is -5.08. The van der Waals surface area contributed by atoms with E-state index in [2.05, 4.69) is 5.32 Å². The number of carbonyl (C=O) groups excluding carboxylic acids is 1. The Balaban J connectivity index is 0.000000522. The molecule has 1 amide bonds. The van der Waals surface area contributed by atoms with Crippen molar-refractivity contribution in [3.8, 4) is 11.5 Å². The molecule has 0 saturated carbocycles. The molecule has 0 saturated heterocycles. The van der Waals surface area contributed by atoms with Crippen molar-refractivity contribution >= 4 is 23.5 Å². The molecule has 0 bridgehead atoms. The zero-order valence-corrected chi connectivity index (χ0v) is 21.2. The van der Waals surface area contributed by atoms with Crippen molar-refractivity contribution in [3.63, 3.8) is 0 Å². The van der Waals surface area contributed by atoms with Crippen LogP contribution in [0.2, 0.25) is 0 Å². The van der Waals surface area contributed by atoms with Gasteiger partial charge in [0, 0.05) is 5.69 Å². The van der Waals surface area contributed by atoms with Gasteiger partial charge in [-0.25, -0.2) is 14.0 Å². The third-order valence-corrected chi connectivity index (χ3v) is 4.40. The molecule has 0 aromatic heterocycles. The molecular formula is C26H23F7N2O7. The standard InChI is InChI=1S/C22H21FN2O3.2C2HF3O2/c23-17-6-10-19(11-7-17)28-20-12-8-18(9-13-20)25-22(26)21(24)15-27-14-16-4-2-1-3-5-16;2*3-2(4,5)1(6)7/h1-13,21H,14-15,24H2,(H,25,26);2*(H,6,7)/t21-;;/m0../s1. The van der Waals surface area contributed by atoms with Crippen LogP contribution in [0.25, 0.3) is 0 Å². The summed E-state index contributed by atoms with van der Waals surface area (Å²) < 4.78 is 87.5. The number of ether oxygens (including phenoxy) is 2. The van der Waals surface area contributed by atoms with Crippen LogP contribution in [0.5, 0.6) is 11.5 Å². The number of carboxylic acid groups (broad SMARTS) is 2. The van der Waals surface area contributed by atoms with Crippen molar-refractivity contribution in [2.24, 2.45) is 5.73 Å². The number of hydrogen-bond donors (Lipinski definition) is 4. The quantitative estimate of drug-likeness (QED) is 0.250. The number of alkyl halides is 6. The highest BCUT2D eigenvalue weighted by molar-refractivity contribution is 5.94. The first-order chi connectivity index (χ1) is 19.5. The Hall–Kier alpha value is -4.70. The molecule has 0 radical (unpaired) electrons. The van der Waals surface area contributed by atoms with Gasteiger partial charge < -0.3 is 30.7 Å². The number of anilines is 1. The van der Waals surface area contributed by atoms with E-state index in [-0.39, 0.29) is 18.3 Å². The monoisotopic (exact) mass is 608 g/mol. The molecule has 0 aliphatic rings. The number of benzene rings is 3. The van der Waals surface area contributed by atoms with Crippen LogP contribution >= 0.6 is 0 Å². The van der Waals surface area contributed by atoms with Crippen molar-refractivity contribution in [2.75, 3.05) is 11.9 Å². The van der Waals surface area contributed by atoms with E-state index in [9.17, 15) is 35.5 Å². The van der Waals surface area contributed by atoms with Crippen molar-refractivity contribution in [1.82, 2.24) is 0 Å². The fraction of sp³-hybridized carbons (Fsp3) is 0.192. The summed E-state index contributed by atoms with van der Waals surface area (Å²) in [6.45, 7) is 0.518. The molecule has 3 rings (SSSR count). The fourth-order valence-corrected chi connectivity index (χ4v) is 2.43. The van der Waals surface area contributed by atoms with Crippen LogP contribution in [0.3, 0.4) is 0 Å². The second-order valence-corrected chi connectivity index (χ2v) is 7.78. The molecule has 42 heavy (non-hydrogen) atoms. The summed E-state index contributed by atoms with van der Waals surface area (Å²) in [5, 5.41) is 17.0. The first kappa shape index (κ1) is 35.3. The van der Waals surface area contributed by atoms with Crippen molar-refractivity contribution in [2.45, 2.75) is 25.0 Å². The summed E-state index contributed by atoms with van der Waals surface area (Å²) in [6.07, 6.45) is -10.2. The highest BCUT2D eigenvalue weighted by Gasteiger charge is 2.38. The van der Waals surface area contributed by atoms with E-state index in [0.717, 1.165) is 5.56 Å². The lowest BCUT2D eigenvalue weighted by Crippen LogP contribution is -2.39. The molecule has 0 aliphatic carbocycles. The molecule has 0 spiro atoms. The Morgan fingerprint density at radius 2 is 1.19 bits per heavy atom. The molecule has 3 aromatic carbocycles. The van der Waals surface area contributed by atoms with Gasteiger partial charge in [-0.1, -0.05) is 30.3 Å². The van der Waals surface area contributed by atoms with Crippen molar-refractivity contribution < 1.29 is 64.8 Å². The third kappa shape index (κ3) is 14.6. The predicted molar refractivity (Wildman–Crippen MR) is 133 cm³/mol. The molecule has 0 heterocycles. The van der Waals surface area contributed by atoms with Crippen molar-refractivity contribution in [1.29, 1.82) is 0 Å². The number of carboxylic acids is 2. The van der Waals surface area contributed by atoms with Gasteiger partial charge >= 0.3 is 24.3 Å². The summed E-state index contributed by atoms with van der Waals surface area (Å²) in [6, 6.07) is 21.4. The normalized spacial score (nSPS) is 11.5. The Labute approximate surface area is 233 Å². The Bertz CT molecular complexity index is 1250. The average Bonchev–Trinajstić information content (AvgIpc) is 2.91. The van der Waals surface area contributed by atoms with Gasteiger partial charge in [0.25, 0.3) is 0 Å². The van der Waals surface area contributed by atoms with Crippen LogP contribution in [-0.4, -0.2) is 53.1 Å². The summed E-state index contributed by atoms with van der Waals surface area (Å²) in [4.78, 5) is 30.0. The second kappa shape index (κ2) is 16.5. The molecule has 0 fully saturated rings. The Morgan fingerprint density at radius 1 is 0.762 bits per heavy atom. The van der Waals surface area contributed by atoms with E-state index in [1.54, 1.807) is 36.4 Å². The van der Waals surface area contributed by atoms with E-state index < -0.39 is 30.3 Å². The fourth-order valence-electron chi connectivity index (χ4n) is 2.43. The van der Waals surface area contributed by atoms with Crippen LogP contribution in [-0.2, 0) is 25.7 Å². The maximum atomic E-state index is 12.9. The van der Waals surface area contributed by atoms with Gasteiger partial charge in [0.15, 0.2) is 0 Å². The van der Waals surface area contributed by atoms with Gasteiger partial charge in [0.1, 0.15) is 23.4 Å². The van der Waals surface area contributed by atoms with Gasteiger partial charge in [-0.15, -0.1) is 0 Å². The average molecular weight is 608 g/mol. The minimum absolute atomic E-state index is 0.118. The van der Waals surface area contributed by atoms with E-state index in [0.29, 0.717) is 23.8 Å². The number of nitrogens with two attached hydrogens (primary N) is 1. The molecule has 0 unspecified atom stereocenters. The second-order valence-electron chi connectivity index (χ2n) is 7.78. The number of carbonyl (C=O) groups is 3. The molecule has 16 heteroatoms. The molecule has 1 atom stereocenters. The predicted octanol–water partition coefficient (Wildman–Crippen LogP) is 5.37. The third-order valence-electron chi connectivity index (χ3n) is 4.40. The molecular weight excluding hydrogens is 585 g/mol. The van der Waals surface area contributed by atoms with Crippen LogP contribution in [0, 0.1) is 5.82 Å². The van der Waals surface area contributed by atoms with E-state index in [4.69, 9.17) is 35.0 Å². The molecule has 9 nitrogen and oxygen atoms in total. The maximum absolute atomic E-state index is 12.9. The van der Waals surface area contributed by atoms with Crippen LogP contribution in [0.15, 0.2) is 78.9 Å². The number of halogens is 7. The smallest absolute Gasteiger partial charge is 0.475 e. The lowest BCUT2D eigenvalue weighted by molar-refractivity contribution is -0.193. The Morgan fingerprint density at radius 3 is 1.62 bits per heavy atom. The van der Waals surface area contributed by atoms with Crippen LogP contribution in [0.1, 0.15) is 5.56 Å². The summed E-state index contributed by atoms with van der Waals surface area (Å²) >= 11 is 0. The van der Waals surface area contributed by atoms with E-state index in [1.807, 2.05) is 30.3 Å². The number of amides is 1. The number of aliphatic carboxylic acids is 2. The number of hydrogen-bond acceptors (Lipinski definition) is 6. The molecule has 228 valence electrons. The minimum atomic E-state index is -5.08. The van der Waals surface area contributed by atoms with Crippen LogP contribution in [0.4, 0.5) is 36.4 Å². The first-order valence-electron chi connectivity index (χ1n) is 11.3. The van der Waals surface area contributed by atoms with Crippen LogP contribution < -0.4 is 15.8 Å². The number of rotatable bonds is 8. The van der Waals surface area contributed by atoms with Crippen molar-refractivity contribution in [3.05, 3.63) is 90.2 Å². The van der Waals surface area contributed by atoms with Gasteiger partial charge in [0.05, 0.1) is 13.2 Å². The maximum Gasteiger partial charge on any atom is 0.490 e. The minimum Gasteiger partial charge on any atom is -0.475 e. The van der Waals surface area contributed by atoms with E-state index in [1.165, 1.54) is 12.1 Å². The van der Waals surface area contributed by atoms with E-state index >= 15 is 0 Å². The largest absolute Gasteiger partial charge is 0.490 e.